The van der Waals surface area contributed by atoms with Crippen molar-refractivity contribution < 1.29 is 17.5 Å². The summed E-state index contributed by atoms with van der Waals surface area (Å²) in [6, 6.07) is 27.2. The molecule has 0 saturated heterocycles. The maximum Gasteiger partial charge on any atom is 0.269 e. The van der Waals surface area contributed by atoms with E-state index < -0.39 is 10.1 Å². The van der Waals surface area contributed by atoms with Crippen molar-refractivity contribution in [1.82, 2.24) is 4.57 Å². The van der Waals surface area contributed by atoms with Gasteiger partial charge in [-0.1, -0.05) is 77.6 Å². The van der Waals surface area contributed by atoms with Crippen LogP contribution < -0.4 is 24.2 Å². The van der Waals surface area contributed by atoms with Gasteiger partial charge in [-0.25, -0.2) is 8.42 Å². The minimum Gasteiger partial charge on any atom is -0.744 e. The lowest BCUT2D eigenvalue weighted by atomic mass is 9.99. The number of thiazole rings is 2. The molecule has 0 radical (unpaired) electrons. The first kappa shape index (κ1) is 34.3. The second-order valence-electron chi connectivity index (χ2n) is 11.5. The molecule has 0 atom stereocenters. The largest absolute Gasteiger partial charge is 0.744 e. The van der Waals surface area contributed by atoms with Crippen LogP contribution in [0.5, 0.6) is 0 Å². The Kier molecular flexibility index (Phi) is 10.1. The quantitative estimate of drug-likeness (QED) is 0.145. The molecule has 7 nitrogen and oxygen atoms in total. The fraction of sp³-hybridized carbons (Fsp3) is 0.179. The van der Waals surface area contributed by atoms with Crippen LogP contribution in [0.1, 0.15) is 36.9 Å². The Morgan fingerprint density at radius 2 is 1.59 bits per heavy atom. The summed E-state index contributed by atoms with van der Waals surface area (Å²) < 4.78 is 38.4. The Balaban J connectivity index is 0.000000324. The van der Waals surface area contributed by atoms with E-state index in [1.807, 2.05) is 24.5 Å². The monoisotopic (exact) mass is 707 g/mol. The first-order chi connectivity index (χ1) is 23.6. The highest BCUT2D eigenvalue weighted by atomic mass is 32.2. The molecule has 1 aliphatic heterocycles. The van der Waals surface area contributed by atoms with Gasteiger partial charge in [0.1, 0.15) is 26.0 Å². The van der Waals surface area contributed by atoms with Crippen LogP contribution in [-0.4, -0.2) is 24.1 Å². The van der Waals surface area contributed by atoms with E-state index in [2.05, 4.69) is 108 Å². The maximum atomic E-state index is 13.4. The molecule has 10 heteroatoms. The summed E-state index contributed by atoms with van der Waals surface area (Å²) in [5.41, 5.74) is 5.77. The Labute approximate surface area is 294 Å². The van der Waals surface area contributed by atoms with E-state index in [1.54, 1.807) is 34.8 Å². The highest BCUT2D eigenvalue weighted by molar-refractivity contribution is 7.85. The van der Waals surface area contributed by atoms with Crippen LogP contribution >= 0.6 is 22.7 Å². The third kappa shape index (κ3) is 7.09. The van der Waals surface area contributed by atoms with Gasteiger partial charge in [-0.3, -0.25) is 9.36 Å². The van der Waals surface area contributed by atoms with Crippen LogP contribution in [0.25, 0.3) is 38.7 Å². The van der Waals surface area contributed by atoms with Crippen LogP contribution in [0, 0.1) is 6.92 Å². The molecule has 1 aliphatic rings. The average Bonchev–Trinajstić information content (AvgIpc) is 3.62. The molecule has 4 aromatic carbocycles. The van der Waals surface area contributed by atoms with Gasteiger partial charge in [0.25, 0.3) is 10.6 Å². The molecule has 0 aliphatic carbocycles. The molecule has 0 N–H and O–H groups in total. The number of nitrogens with zero attached hydrogens (tertiary/aromatic N) is 3. The lowest BCUT2D eigenvalue weighted by Gasteiger charge is -2.26. The second kappa shape index (κ2) is 14.5. The summed E-state index contributed by atoms with van der Waals surface area (Å²) >= 11 is 3.35. The third-order valence-electron chi connectivity index (χ3n) is 8.45. The van der Waals surface area contributed by atoms with E-state index in [-0.39, 0.29) is 10.5 Å². The highest BCUT2D eigenvalue weighted by Crippen LogP contribution is 2.32. The second-order valence-corrected chi connectivity index (χ2v) is 15.0. The Hall–Kier alpha value is -4.61. The van der Waals surface area contributed by atoms with Crippen molar-refractivity contribution in [3.63, 3.8) is 0 Å². The average molecular weight is 708 g/mol. The summed E-state index contributed by atoms with van der Waals surface area (Å²) in [6.07, 6.45) is 10.5. The number of allylic oxidation sites excluding steroid dienone is 3. The number of aryl methyl sites for hydroxylation is 2. The number of aromatic nitrogens is 2. The van der Waals surface area contributed by atoms with E-state index in [0.717, 1.165) is 38.4 Å². The number of para-hydroxylation sites is 1. The molecule has 0 unspecified atom stereocenters. The van der Waals surface area contributed by atoms with Crippen LogP contribution in [0.3, 0.4) is 0 Å². The number of fused-ring (bicyclic) bond motifs is 4. The molecular formula is C39H37N3O4S3. The van der Waals surface area contributed by atoms with Gasteiger partial charge in [0.05, 0.1) is 20.9 Å². The van der Waals surface area contributed by atoms with Crippen molar-refractivity contribution in [3.8, 4) is 0 Å². The van der Waals surface area contributed by atoms with Gasteiger partial charge in [0.2, 0.25) is 5.52 Å². The third-order valence-corrected chi connectivity index (χ3v) is 11.5. The van der Waals surface area contributed by atoms with Gasteiger partial charge >= 0.3 is 0 Å². The number of rotatable bonds is 6. The topological polar surface area (TPSA) is 86.3 Å². The molecule has 0 fully saturated rings. The van der Waals surface area contributed by atoms with Crippen molar-refractivity contribution in [2.24, 2.45) is 0 Å². The zero-order valence-electron chi connectivity index (χ0n) is 27.8. The predicted molar refractivity (Wildman–Crippen MR) is 202 cm³/mol. The predicted octanol–water partition coefficient (Wildman–Crippen LogP) is 6.55. The summed E-state index contributed by atoms with van der Waals surface area (Å²) in [5, 5.41) is 3.68. The smallest absolute Gasteiger partial charge is 0.269 e. The van der Waals surface area contributed by atoms with E-state index in [9.17, 15) is 17.8 Å². The molecule has 49 heavy (non-hydrogen) atoms. The SMILES string of the molecule is CCN1C=CC(=CC=c2sc(=Cc3sc4ccc5ccccc5c4[n+]3CC)n(CC)c2=O)c2ccccc21.Cc1ccc(S(=O)(=O)[O-])cc1. The fourth-order valence-electron chi connectivity index (χ4n) is 5.96. The van der Waals surface area contributed by atoms with Crippen LogP contribution in [0.4, 0.5) is 5.69 Å². The van der Waals surface area contributed by atoms with Gasteiger partial charge < -0.3 is 9.45 Å². The maximum absolute atomic E-state index is 13.4. The number of hydrogen-bond donors (Lipinski definition) is 0. The fourth-order valence-corrected chi connectivity index (χ4v) is 8.73. The zero-order valence-corrected chi connectivity index (χ0v) is 30.2. The van der Waals surface area contributed by atoms with E-state index in [4.69, 9.17) is 0 Å². The van der Waals surface area contributed by atoms with Crippen molar-refractivity contribution in [1.29, 1.82) is 0 Å². The number of anilines is 1. The molecule has 3 heterocycles. The summed E-state index contributed by atoms with van der Waals surface area (Å²) in [5.74, 6) is 0. The minimum atomic E-state index is -4.27. The molecule has 0 saturated carbocycles. The number of hydrogen-bond acceptors (Lipinski definition) is 7. The molecule has 6 aromatic rings. The van der Waals surface area contributed by atoms with Crippen molar-refractivity contribution in [2.45, 2.75) is 45.7 Å². The molecular weight excluding hydrogens is 671 g/mol. The molecule has 2 aromatic heterocycles. The van der Waals surface area contributed by atoms with Crippen molar-refractivity contribution in [2.75, 3.05) is 11.4 Å². The molecule has 250 valence electrons. The number of benzene rings is 4. The van der Waals surface area contributed by atoms with E-state index in [1.165, 1.54) is 44.4 Å². The van der Waals surface area contributed by atoms with Gasteiger partial charge in [-0.2, -0.15) is 4.57 Å². The van der Waals surface area contributed by atoms with Crippen LogP contribution in [0.2, 0.25) is 0 Å². The minimum absolute atomic E-state index is 0.0680. The zero-order chi connectivity index (χ0) is 34.7. The van der Waals surface area contributed by atoms with E-state index in [0.29, 0.717) is 6.54 Å². The first-order valence-electron chi connectivity index (χ1n) is 16.2. The molecule has 7 rings (SSSR count). The van der Waals surface area contributed by atoms with Gasteiger partial charge in [-0.05, 0) is 81.1 Å². The Morgan fingerprint density at radius 3 is 2.31 bits per heavy atom. The standard InChI is InChI=1S/C32H30N3OS2.C7H8O3S/c1-4-33-20-19-23(24-12-9-10-14-26(24)33)16-18-28-32(36)35(6-3)30(38-28)21-29-34(5-2)31-25-13-8-7-11-22(25)15-17-27(31)37-29;1-6-2-4-7(5-3-6)11(8,9)10/h7-21H,4-6H2,1-3H3;2-5H,1H3,(H,8,9,10)/q+1;/p-1. The van der Waals surface area contributed by atoms with Gasteiger partial charge in [0, 0.05) is 30.5 Å². The van der Waals surface area contributed by atoms with Gasteiger partial charge in [0.15, 0.2) is 0 Å². The Morgan fingerprint density at radius 1 is 0.857 bits per heavy atom. The van der Waals surface area contributed by atoms with E-state index >= 15 is 0 Å². The summed E-state index contributed by atoms with van der Waals surface area (Å²) in [4.78, 5) is 15.5. The summed E-state index contributed by atoms with van der Waals surface area (Å²) in [6.45, 7) is 10.6. The Bertz CT molecular complexity index is 2520. The normalized spacial score (nSPS) is 14.5. The highest BCUT2D eigenvalue weighted by Gasteiger charge is 2.21. The van der Waals surface area contributed by atoms with Crippen LogP contribution in [-0.2, 0) is 23.2 Å². The molecule has 0 amide bonds. The van der Waals surface area contributed by atoms with Crippen LogP contribution in [0.15, 0.2) is 113 Å². The van der Waals surface area contributed by atoms with Crippen molar-refractivity contribution >= 4 is 77.2 Å². The summed E-state index contributed by atoms with van der Waals surface area (Å²) in [7, 11) is -4.27. The molecule has 0 spiro atoms. The first-order valence-corrected chi connectivity index (χ1v) is 19.2. The van der Waals surface area contributed by atoms with Crippen molar-refractivity contribution in [3.05, 3.63) is 139 Å². The lowest BCUT2D eigenvalue weighted by Crippen LogP contribution is -2.35. The molecule has 0 bridgehead atoms. The van der Waals surface area contributed by atoms with Gasteiger partial charge in [-0.15, -0.1) is 11.3 Å². The lowest BCUT2D eigenvalue weighted by molar-refractivity contribution is -0.664.